The molecular weight excluding hydrogens is 419 g/mol. The second kappa shape index (κ2) is 8.60. The number of hydrogen-bond acceptors (Lipinski definition) is 7. The number of nitro benzene ring substituents is 1. The molecule has 32 heavy (non-hydrogen) atoms. The zero-order valence-electron chi connectivity index (χ0n) is 16.2. The number of rotatable bonds is 5. The van der Waals surface area contributed by atoms with E-state index in [-0.39, 0.29) is 28.6 Å². The van der Waals surface area contributed by atoms with Crippen molar-refractivity contribution in [3.8, 4) is 5.75 Å². The second-order valence-electron chi connectivity index (χ2n) is 6.61. The standard InChI is InChI=1S/C23H13FN2O6/c24-17-5-1-3-15(12-17)21-25-20(23(28)32-21)11-14-7-9-19(10-8-14)31-22(27)16-4-2-6-18(13-16)26(29)30/h1-13H. The third kappa shape index (κ3) is 4.57. The first kappa shape index (κ1) is 20.6. The number of non-ortho nitro benzene ring substituents is 1. The van der Waals surface area contributed by atoms with Crippen molar-refractivity contribution < 1.29 is 28.4 Å². The number of carbonyl (C=O) groups is 2. The van der Waals surface area contributed by atoms with Gasteiger partial charge in [-0.2, -0.15) is 0 Å². The van der Waals surface area contributed by atoms with Crippen molar-refractivity contribution in [2.75, 3.05) is 0 Å². The minimum atomic E-state index is -0.747. The van der Waals surface area contributed by atoms with Gasteiger partial charge in [0.05, 0.1) is 10.5 Å². The number of nitrogens with zero attached hydrogens (tertiary/aromatic N) is 2. The first-order chi connectivity index (χ1) is 15.4. The fourth-order valence-electron chi connectivity index (χ4n) is 2.86. The van der Waals surface area contributed by atoms with Crippen molar-refractivity contribution in [2.24, 2.45) is 4.99 Å². The van der Waals surface area contributed by atoms with Gasteiger partial charge in [-0.1, -0.05) is 24.3 Å². The molecule has 3 aromatic rings. The summed E-state index contributed by atoms with van der Waals surface area (Å²) in [6.45, 7) is 0. The number of hydrogen-bond donors (Lipinski definition) is 0. The molecule has 3 aromatic carbocycles. The van der Waals surface area contributed by atoms with E-state index >= 15 is 0 Å². The smallest absolute Gasteiger partial charge is 0.363 e. The van der Waals surface area contributed by atoms with Gasteiger partial charge in [0.2, 0.25) is 5.90 Å². The van der Waals surface area contributed by atoms with Crippen LogP contribution in [0.4, 0.5) is 10.1 Å². The zero-order chi connectivity index (χ0) is 22.7. The lowest BCUT2D eigenvalue weighted by molar-refractivity contribution is -0.384. The number of ether oxygens (including phenoxy) is 2. The monoisotopic (exact) mass is 432 g/mol. The predicted octanol–water partition coefficient (Wildman–Crippen LogP) is 4.30. The summed E-state index contributed by atoms with van der Waals surface area (Å²) < 4.78 is 23.7. The molecule has 0 N–H and O–H groups in total. The number of nitro groups is 1. The normalized spacial score (nSPS) is 14.1. The van der Waals surface area contributed by atoms with Crippen molar-refractivity contribution in [3.63, 3.8) is 0 Å². The Bertz CT molecular complexity index is 1300. The van der Waals surface area contributed by atoms with Gasteiger partial charge in [-0.15, -0.1) is 0 Å². The van der Waals surface area contributed by atoms with E-state index in [2.05, 4.69) is 4.99 Å². The average molecular weight is 432 g/mol. The van der Waals surface area contributed by atoms with E-state index in [0.29, 0.717) is 11.1 Å². The molecule has 1 aliphatic rings. The van der Waals surface area contributed by atoms with E-state index < -0.39 is 22.7 Å². The number of benzene rings is 3. The summed E-state index contributed by atoms with van der Waals surface area (Å²) >= 11 is 0. The van der Waals surface area contributed by atoms with E-state index in [1.807, 2.05) is 0 Å². The van der Waals surface area contributed by atoms with Crippen molar-refractivity contribution in [3.05, 3.63) is 111 Å². The van der Waals surface area contributed by atoms with Gasteiger partial charge in [-0.3, -0.25) is 10.1 Å². The van der Waals surface area contributed by atoms with Gasteiger partial charge in [-0.05, 0) is 48.0 Å². The van der Waals surface area contributed by atoms with Crippen LogP contribution in [0.3, 0.4) is 0 Å². The van der Waals surface area contributed by atoms with Crippen LogP contribution in [0.2, 0.25) is 0 Å². The van der Waals surface area contributed by atoms with E-state index in [1.165, 1.54) is 54.6 Å². The quantitative estimate of drug-likeness (QED) is 0.196. The van der Waals surface area contributed by atoms with Gasteiger partial charge in [0.1, 0.15) is 11.6 Å². The minimum Gasteiger partial charge on any atom is -0.423 e. The molecule has 0 fully saturated rings. The Morgan fingerprint density at radius 1 is 1.06 bits per heavy atom. The number of halogens is 1. The van der Waals surface area contributed by atoms with Crippen LogP contribution in [0.25, 0.3) is 6.08 Å². The molecule has 4 rings (SSSR count). The molecule has 8 nitrogen and oxygen atoms in total. The molecular formula is C23H13FN2O6. The maximum atomic E-state index is 13.4. The van der Waals surface area contributed by atoms with E-state index in [1.54, 1.807) is 18.2 Å². The highest BCUT2D eigenvalue weighted by atomic mass is 19.1. The molecule has 1 heterocycles. The van der Waals surface area contributed by atoms with Gasteiger partial charge < -0.3 is 9.47 Å². The van der Waals surface area contributed by atoms with E-state index in [0.717, 1.165) is 6.07 Å². The van der Waals surface area contributed by atoms with Crippen LogP contribution in [0.5, 0.6) is 5.75 Å². The molecule has 0 radical (unpaired) electrons. The van der Waals surface area contributed by atoms with Crippen molar-refractivity contribution in [1.82, 2.24) is 0 Å². The van der Waals surface area contributed by atoms with Gasteiger partial charge in [0.15, 0.2) is 5.70 Å². The van der Waals surface area contributed by atoms with E-state index in [9.17, 15) is 24.1 Å². The molecule has 9 heteroatoms. The number of cyclic esters (lactones) is 1. The van der Waals surface area contributed by atoms with Crippen LogP contribution in [0.1, 0.15) is 21.5 Å². The summed E-state index contributed by atoms with van der Waals surface area (Å²) in [5.41, 5.74) is 0.772. The van der Waals surface area contributed by atoms with Crippen LogP contribution in [-0.4, -0.2) is 22.8 Å². The summed E-state index contributed by atoms with van der Waals surface area (Å²) in [5.74, 6) is -1.69. The molecule has 0 aliphatic carbocycles. The van der Waals surface area contributed by atoms with Crippen LogP contribution < -0.4 is 4.74 Å². The molecule has 0 aromatic heterocycles. The summed E-state index contributed by atoms with van der Waals surface area (Å²) in [6.07, 6.45) is 1.47. The van der Waals surface area contributed by atoms with Gasteiger partial charge in [-0.25, -0.2) is 19.0 Å². The number of esters is 2. The largest absolute Gasteiger partial charge is 0.423 e. The topological polar surface area (TPSA) is 108 Å². The lowest BCUT2D eigenvalue weighted by Crippen LogP contribution is -2.08. The fraction of sp³-hybridized carbons (Fsp3) is 0. The second-order valence-corrected chi connectivity index (χ2v) is 6.61. The summed E-state index contributed by atoms with van der Waals surface area (Å²) in [5, 5.41) is 10.8. The molecule has 0 saturated carbocycles. The Labute approximate surface area is 180 Å². The van der Waals surface area contributed by atoms with Crippen molar-refractivity contribution in [1.29, 1.82) is 0 Å². The Balaban J connectivity index is 1.48. The lowest BCUT2D eigenvalue weighted by Gasteiger charge is -2.04. The fourth-order valence-corrected chi connectivity index (χ4v) is 2.86. The number of carbonyl (C=O) groups excluding carboxylic acids is 2. The maximum absolute atomic E-state index is 13.4. The van der Waals surface area contributed by atoms with Crippen LogP contribution in [0.15, 0.2) is 83.5 Å². The van der Waals surface area contributed by atoms with Crippen LogP contribution in [0, 0.1) is 15.9 Å². The first-order valence-electron chi connectivity index (χ1n) is 9.24. The molecule has 1 aliphatic heterocycles. The SMILES string of the molecule is O=C1OC(c2cccc(F)c2)=NC1=Cc1ccc(OC(=O)c2cccc([N+](=O)[O-])c2)cc1. The van der Waals surface area contributed by atoms with Gasteiger partial charge in [0, 0.05) is 17.7 Å². The Kier molecular flexibility index (Phi) is 5.54. The molecule has 0 spiro atoms. The first-order valence-corrected chi connectivity index (χ1v) is 9.24. The lowest BCUT2D eigenvalue weighted by atomic mass is 10.2. The predicted molar refractivity (Wildman–Crippen MR) is 112 cm³/mol. The summed E-state index contributed by atoms with van der Waals surface area (Å²) in [4.78, 5) is 38.7. The Morgan fingerprint density at radius 3 is 2.53 bits per heavy atom. The molecule has 0 bridgehead atoms. The Hall–Kier alpha value is -4.66. The van der Waals surface area contributed by atoms with Crippen LogP contribution in [-0.2, 0) is 9.53 Å². The van der Waals surface area contributed by atoms with Gasteiger partial charge in [0.25, 0.3) is 5.69 Å². The van der Waals surface area contributed by atoms with E-state index in [4.69, 9.17) is 9.47 Å². The molecule has 0 amide bonds. The average Bonchev–Trinajstić information content (AvgIpc) is 3.15. The highest BCUT2D eigenvalue weighted by Gasteiger charge is 2.24. The zero-order valence-corrected chi connectivity index (χ0v) is 16.2. The summed E-state index contributed by atoms with van der Waals surface area (Å²) in [7, 11) is 0. The molecule has 0 unspecified atom stereocenters. The highest BCUT2D eigenvalue weighted by molar-refractivity contribution is 6.12. The maximum Gasteiger partial charge on any atom is 0.363 e. The third-order valence-electron chi connectivity index (χ3n) is 4.38. The van der Waals surface area contributed by atoms with Gasteiger partial charge >= 0.3 is 11.9 Å². The molecule has 0 saturated heterocycles. The highest BCUT2D eigenvalue weighted by Crippen LogP contribution is 2.22. The molecule has 158 valence electrons. The Morgan fingerprint density at radius 2 is 1.81 bits per heavy atom. The van der Waals surface area contributed by atoms with Crippen molar-refractivity contribution >= 4 is 29.6 Å². The third-order valence-corrected chi connectivity index (χ3v) is 4.38. The van der Waals surface area contributed by atoms with Crippen LogP contribution >= 0.6 is 0 Å². The molecule has 0 atom stereocenters. The number of aliphatic imine (C=N–C) groups is 1. The summed E-state index contributed by atoms with van der Waals surface area (Å²) in [6, 6.07) is 16.9. The van der Waals surface area contributed by atoms with Crippen molar-refractivity contribution in [2.45, 2.75) is 0 Å². The minimum absolute atomic E-state index is 0.00301.